The molecule has 1 aliphatic rings. The Morgan fingerprint density at radius 3 is 2.55 bits per heavy atom. The molecule has 1 saturated heterocycles. The number of hydrogen-bond acceptors (Lipinski definition) is 4. The van der Waals surface area contributed by atoms with E-state index in [1.807, 2.05) is 45.0 Å². The molecule has 1 aliphatic heterocycles. The maximum absolute atomic E-state index is 12.9. The smallest absolute Gasteiger partial charge is 0.295 e. The van der Waals surface area contributed by atoms with Crippen LogP contribution in [0.1, 0.15) is 43.0 Å². The lowest BCUT2D eigenvalue weighted by Gasteiger charge is -2.26. The van der Waals surface area contributed by atoms with Crippen molar-refractivity contribution >= 4 is 29.1 Å². The van der Waals surface area contributed by atoms with Crippen molar-refractivity contribution in [3.8, 4) is 5.75 Å². The molecule has 29 heavy (non-hydrogen) atoms. The van der Waals surface area contributed by atoms with Gasteiger partial charge in [-0.2, -0.15) is 0 Å². The topological polar surface area (TPSA) is 66.8 Å². The Balaban J connectivity index is 2.21. The van der Waals surface area contributed by atoms with Crippen molar-refractivity contribution in [1.29, 1.82) is 0 Å². The second-order valence-electron chi connectivity index (χ2n) is 6.93. The summed E-state index contributed by atoms with van der Waals surface area (Å²) in [7, 11) is 0. The number of nitrogens with zero attached hydrogens (tertiary/aromatic N) is 1. The minimum Gasteiger partial charge on any atom is -0.507 e. The Labute approximate surface area is 175 Å². The molecular formula is C23H24ClNO4. The number of ketones is 1. The number of aliphatic hydroxyl groups excluding tert-OH is 1. The molecule has 1 heterocycles. The summed E-state index contributed by atoms with van der Waals surface area (Å²) < 4.78 is 5.50. The van der Waals surface area contributed by atoms with Crippen LogP contribution in [0.2, 0.25) is 5.02 Å². The minimum absolute atomic E-state index is 0.0857. The number of hydrogen-bond donors (Lipinski definition) is 1. The van der Waals surface area contributed by atoms with Gasteiger partial charge in [0, 0.05) is 12.1 Å². The third-order valence-corrected chi connectivity index (χ3v) is 5.30. The van der Waals surface area contributed by atoms with E-state index in [0.29, 0.717) is 35.9 Å². The number of amides is 1. The molecule has 0 bridgehead atoms. The summed E-state index contributed by atoms with van der Waals surface area (Å²) in [5.74, 6) is -1.10. The van der Waals surface area contributed by atoms with Gasteiger partial charge in [0.15, 0.2) is 0 Å². The monoisotopic (exact) mass is 413 g/mol. The second kappa shape index (κ2) is 8.70. The molecule has 5 nitrogen and oxygen atoms in total. The molecule has 0 saturated carbocycles. The molecule has 2 aromatic rings. The van der Waals surface area contributed by atoms with Crippen molar-refractivity contribution in [1.82, 2.24) is 4.90 Å². The lowest BCUT2D eigenvalue weighted by atomic mass is 9.92. The van der Waals surface area contributed by atoms with Gasteiger partial charge in [0.2, 0.25) is 0 Å². The fourth-order valence-corrected chi connectivity index (χ4v) is 3.81. The van der Waals surface area contributed by atoms with Crippen molar-refractivity contribution in [3.63, 3.8) is 0 Å². The van der Waals surface area contributed by atoms with Crippen molar-refractivity contribution in [2.24, 2.45) is 0 Å². The van der Waals surface area contributed by atoms with Gasteiger partial charge in [-0.15, -0.1) is 0 Å². The SMILES string of the molecule is CCCN1C(=O)C(=O)/C(=C(/O)c2ccc(Cl)c(OCC)c2)C1c1ccccc1C. The molecule has 0 radical (unpaired) electrons. The first kappa shape index (κ1) is 20.9. The van der Waals surface area contributed by atoms with Crippen molar-refractivity contribution in [3.05, 3.63) is 69.8 Å². The fourth-order valence-electron chi connectivity index (χ4n) is 3.64. The number of Topliss-reactive ketones (excluding diaryl/α,β-unsaturated/α-hetero) is 1. The number of aliphatic hydroxyl groups is 1. The number of ether oxygens (including phenoxy) is 1. The zero-order chi connectivity index (χ0) is 21.1. The van der Waals surface area contributed by atoms with Crippen LogP contribution in [-0.2, 0) is 9.59 Å². The van der Waals surface area contributed by atoms with Crippen LogP contribution in [0.25, 0.3) is 5.76 Å². The number of halogens is 1. The third kappa shape index (κ3) is 3.87. The number of rotatable bonds is 6. The Bertz CT molecular complexity index is 983. The molecule has 1 unspecified atom stereocenters. The van der Waals surface area contributed by atoms with Crippen molar-refractivity contribution in [2.45, 2.75) is 33.2 Å². The Hall–Kier alpha value is -2.79. The maximum Gasteiger partial charge on any atom is 0.295 e. The molecule has 152 valence electrons. The molecule has 3 rings (SSSR count). The van der Waals surface area contributed by atoms with E-state index in [0.717, 1.165) is 11.1 Å². The van der Waals surface area contributed by atoms with Gasteiger partial charge in [-0.25, -0.2) is 0 Å². The highest BCUT2D eigenvalue weighted by atomic mass is 35.5. The Kier molecular flexibility index (Phi) is 6.28. The van der Waals surface area contributed by atoms with Crippen molar-refractivity contribution in [2.75, 3.05) is 13.2 Å². The molecule has 1 atom stereocenters. The highest BCUT2D eigenvalue weighted by Gasteiger charge is 2.46. The Morgan fingerprint density at radius 2 is 1.90 bits per heavy atom. The van der Waals surface area contributed by atoms with E-state index in [9.17, 15) is 14.7 Å². The van der Waals surface area contributed by atoms with Gasteiger partial charge in [-0.3, -0.25) is 9.59 Å². The van der Waals surface area contributed by atoms with Gasteiger partial charge in [0.05, 0.1) is 23.2 Å². The van der Waals surface area contributed by atoms with Gasteiger partial charge in [-0.05, 0) is 49.6 Å². The fraction of sp³-hybridized carbons (Fsp3) is 0.304. The van der Waals surface area contributed by atoms with Crippen LogP contribution in [-0.4, -0.2) is 34.8 Å². The van der Waals surface area contributed by atoms with Crippen molar-refractivity contribution < 1.29 is 19.4 Å². The molecule has 2 aromatic carbocycles. The van der Waals surface area contributed by atoms with E-state index in [-0.39, 0.29) is 11.3 Å². The molecule has 6 heteroatoms. The van der Waals surface area contributed by atoms with E-state index in [1.54, 1.807) is 18.2 Å². The maximum atomic E-state index is 12.9. The van der Waals surface area contributed by atoms with Gasteiger partial charge < -0.3 is 14.7 Å². The van der Waals surface area contributed by atoms with Crippen LogP contribution in [0.15, 0.2) is 48.0 Å². The van der Waals surface area contributed by atoms with Gasteiger partial charge in [-0.1, -0.05) is 42.8 Å². The van der Waals surface area contributed by atoms with E-state index >= 15 is 0 Å². The van der Waals surface area contributed by atoms with Crippen LogP contribution in [0.3, 0.4) is 0 Å². The lowest BCUT2D eigenvalue weighted by molar-refractivity contribution is -0.139. The normalized spacial score (nSPS) is 18.3. The first-order valence-electron chi connectivity index (χ1n) is 9.67. The van der Waals surface area contributed by atoms with Crippen LogP contribution < -0.4 is 4.74 Å². The summed E-state index contributed by atoms with van der Waals surface area (Å²) in [6, 6.07) is 11.7. The largest absolute Gasteiger partial charge is 0.507 e. The molecule has 1 amide bonds. The molecule has 1 N–H and O–H groups in total. The molecule has 1 fully saturated rings. The first-order valence-corrected chi connectivity index (χ1v) is 10.0. The van der Waals surface area contributed by atoms with E-state index in [2.05, 4.69) is 0 Å². The summed E-state index contributed by atoms with van der Waals surface area (Å²) in [6.45, 7) is 6.54. The standard InChI is InChI=1S/C23H24ClNO4/c1-4-12-25-20(16-9-7-6-8-14(16)3)19(22(27)23(25)28)21(26)15-10-11-17(24)18(13-15)29-5-2/h6-11,13,20,26H,4-5,12H2,1-3H3/b21-19+. The molecule has 0 aromatic heterocycles. The highest BCUT2D eigenvalue weighted by Crippen LogP contribution is 2.41. The van der Waals surface area contributed by atoms with Crippen LogP contribution in [0.4, 0.5) is 0 Å². The molecule has 0 spiro atoms. The van der Waals surface area contributed by atoms with Crippen LogP contribution >= 0.6 is 11.6 Å². The molecular weight excluding hydrogens is 390 g/mol. The van der Waals surface area contributed by atoms with Gasteiger partial charge in [0.25, 0.3) is 11.7 Å². The first-order chi connectivity index (χ1) is 13.9. The van der Waals surface area contributed by atoms with Crippen LogP contribution in [0.5, 0.6) is 5.75 Å². The van der Waals surface area contributed by atoms with Crippen LogP contribution in [0, 0.1) is 6.92 Å². The van der Waals surface area contributed by atoms with Gasteiger partial charge in [0.1, 0.15) is 11.5 Å². The zero-order valence-electron chi connectivity index (χ0n) is 16.7. The molecule has 0 aliphatic carbocycles. The summed E-state index contributed by atoms with van der Waals surface area (Å²) in [5, 5.41) is 11.5. The quantitative estimate of drug-likeness (QED) is 0.416. The number of aryl methyl sites for hydroxylation is 1. The predicted octanol–water partition coefficient (Wildman–Crippen LogP) is 4.88. The lowest BCUT2D eigenvalue weighted by Crippen LogP contribution is -2.30. The minimum atomic E-state index is -0.683. The van der Waals surface area contributed by atoms with E-state index < -0.39 is 17.7 Å². The van der Waals surface area contributed by atoms with Gasteiger partial charge >= 0.3 is 0 Å². The number of carbonyl (C=O) groups is 2. The Morgan fingerprint density at radius 1 is 1.17 bits per heavy atom. The average molecular weight is 414 g/mol. The van der Waals surface area contributed by atoms with E-state index in [1.165, 1.54) is 4.90 Å². The summed E-state index contributed by atoms with van der Waals surface area (Å²) in [4.78, 5) is 27.2. The predicted molar refractivity (Wildman–Crippen MR) is 113 cm³/mol. The second-order valence-corrected chi connectivity index (χ2v) is 7.33. The van der Waals surface area contributed by atoms with E-state index in [4.69, 9.17) is 16.3 Å². The average Bonchev–Trinajstić information content (AvgIpc) is 2.95. The zero-order valence-corrected chi connectivity index (χ0v) is 17.5. The summed E-state index contributed by atoms with van der Waals surface area (Å²) in [6.07, 6.45) is 0.699. The highest BCUT2D eigenvalue weighted by molar-refractivity contribution is 6.46. The third-order valence-electron chi connectivity index (χ3n) is 4.99. The number of carbonyl (C=O) groups excluding carboxylic acids is 2. The number of benzene rings is 2. The summed E-state index contributed by atoms with van der Waals surface area (Å²) >= 11 is 6.15. The summed E-state index contributed by atoms with van der Waals surface area (Å²) in [5.41, 5.74) is 2.23. The number of likely N-dealkylation sites (tertiary alicyclic amines) is 1.